The molecular weight excluding hydrogens is 269 g/mol. The average molecular weight is 286 g/mol. The lowest BCUT2D eigenvalue weighted by Crippen LogP contribution is -2.10. The Morgan fingerprint density at radius 1 is 1.10 bits per heavy atom. The summed E-state index contributed by atoms with van der Waals surface area (Å²) >= 11 is 0. The second-order valence-electron chi connectivity index (χ2n) is 4.65. The van der Waals surface area contributed by atoms with Crippen LogP contribution in [0.4, 0.5) is 13.2 Å². The molecule has 2 aromatic rings. The SMILES string of the molecule is CCC(CC)n1ccc(Cn2ccc(C(F)(F)F)n2)n1. The molecular formula is C13H17F3N4. The minimum atomic E-state index is -4.40. The molecule has 0 saturated carbocycles. The van der Waals surface area contributed by atoms with Gasteiger partial charge in [0.1, 0.15) is 0 Å². The molecule has 2 heterocycles. The highest BCUT2D eigenvalue weighted by molar-refractivity contribution is 5.06. The summed E-state index contributed by atoms with van der Waals surface area (Å²) in [5.41, 5.74) is -0.175. The van der Waals surface area contributed by atoms with E-state index in [1.165, 1.54) is 10.9 Å². The molecule has 110 valence electrons. The molecule has 0 aliphatic heterocycles. The van der Waals surface area contributed by atoms with E-state index in [2.05, 4.69) is 24.0 Å². The van der Waals surface area contributed by atoms with Crippen molar-refractivity contribution in [3.05, 3.63) is 35.9 Å². The van der Waals surface area contributed by atoms with Gasteiger partial charge in [-0.1, -0.05) is 13.8 Å². The van der Waals surface area contributed by atoms with Crippen molar-refractivity contribution >= 4 is 0 Å². The van der Waals surface area contributed by atoms with Crippen molar-refractivity contribution < 1.29 is 13.2 Å². The number of halogens is 3. The molecule has 0 N–H and O–H groups in total. The monoisotopic (exact) mass is 286 g/mol. The van der Waals surface area contributed by atoms with Crippen LogP contribution in [-0.2, 0) is 12.7 Å². The lowest BCUT2D eigenvalue weighted by Gasteiger charge is -2.12. The van der Waals surface area contributed by atoms with E-state index < -0.39 is 11.9 Å². The number of hydrogen-bond donors (Lipinski definition) is 0. The van der Waals surface area contributed by atoms with Crippen molar-refractivity contribution in [2.75, 3.05) is 0 Å². The zero-order valence-electron chi connectivity index (χ0n) is 11.4. The quantitative estimate of drug-likeness (QED) is 0.843. The van der Waals surface area contributed by atoms with Crippen LogP contribution in [0.3, 0.4) is 0 Å². The molecule has 0 fully saturated rings. The third-order valence-electron chi connectivity index (χ3n) is 3.24. The molecule has 0 amide bonds. The predicted molar refractivity (Wildman–Crippen MR) is 68.2 cm³/mol. The highest BCUT2D eigenvalue weighted by atomic mass is 19.4. The van der Waals surface area contributed by atoms with Crippen LogP contribution in [0.1, 0.15) is 44.1 Å². The minimum Gasteiger partial charge on any atom is -0.269 e. The molecule has 0 spiro atoms. The number of nitrogens with zero attached hydrogens (tertiary/aromatic N) is 4. The number of hydrogen-bond acceptors (Lipinski definition) is 2. The van der Waals surface area contributed by atoms with Crippen LogP contribution in [0.15, 0.2) is 24.5 Å². The summed E-state index contributed by atoms with van der Waals surface area (Å²) in [5.74, 6) is 0. The van der Waals surface area contributed by atoms with Crippen LogP contribution in [0.2, 0.25) is 0 Å². The van der Waals surface area contributed by atoms with Gasteiger partial charge in [-0.3, -0.25) is 9.36 Å². The highest BCUT2D eigenvalue weighted by Gasteiger charge is 2.33. The Bertz CT molecular complexity index is 552. The van der Waals surface area contributed by atoms with Crippen LogP contribution >= 0.6 is 0 Å². The Hall–Kier alpha value is -1.79. The maximum absolute atomic E-state index is 12.4. The van der Waals surface area contributed by atoms with E-state index >= 15 is 0 Å². The molecule has 0 aliphatic carbocycles. The Labute approximate surface area is 115 Å². The first-order chi connectivity index (χ1) is 9.44. The van der Waals surface area contributed by atoms with Crippen molar-refractivity contribution in [1.82, 2.24) is 19.6 Å². The summed E-state index contributed by atoms with van der Waals surface area (Å²) in [6.07, 6.45) is 0.718. The van der Waals surface area contributed by atoms with Crippen molar-refractivity contribution in [3.8, 4) is 0 Å². The van der Waals surface area contributed by atoms with E-state index in [9.17, 15) is 13.2 Å². The largest absolute Gasteiger partial charge is 0.435 e. The maximum atomic E-state index is 12.4. The molecule has 0 atom stereocenters. The van der Waals surface area contributed by atoms with Crippen LogP contribution in [0.5, 0.6) is 0 Å². The fourth-order valence-corrected chi connectivity index (χ4v) is 2.09. The molecule has 7 heteroatoms. The first-order valence-corrected chi connectivity index (χ1v) is 6.58. The van der Waals surface area contributed by atoms with Gasteiger partial charge in [-0.05, 0) is 25.0 Å². The Morgan fingerprint density at radius 3 is 2.35 bits per heavy atom. The normalized spacial score (nSPS) is 12.3. The summed E-state index contributed by atoms with van der Waals surface area (Å²) < 4.78 is 40.5. The van der Waals surface area contributed by atoms with E-state index in [0.29, 0.717) is 11.7 Å². The summed E-state index contributed by atoms with van der Waals surface area (Å²) in [6, 6.07) is 3.11. The van der Waals surface area contributed by atoms with E-state index in [0.717, 1.165) is 18.9 Å². The van der Waals surface area contributed by atoms with Gasteiger partial charge >= 0.3 is 6.18 Å². The second kappa shape index (κ2) is 5.68. The van der Waals surface area contributed by atoms with E-state index in [1.807, 2.05) is 16.9 Å². The van der Waals surface area contributed by atoms with Crippen molar-refractivity contribution in [3.63, 3.8) is 0 Å². The standard InChI is InChI=1S/C13H17F3N4/c1-3-11(4-2)20-8-5-10(17-20)9-19-7-6-12(18-19)13(14,15)16/h5-8,11H,3-4,9H2,1-2H3. The topological polar surface area (TPSA) is 35.6 Å². The molecule has 4 nitrogen and oxygen atoms in total. The first-order valence-electron chi connectivity index (χ1n) is 6.58. The lowest BCUT2D eigenvalue weighted by molar-refractivity contribution is -0.141. The van der Waals surface area contributed by atoms with Gasteiger partial charge < -0.3 is 0 Å². The number of aromatic nitrogens is 4. The average Bonchev–Trinajstić information content (AvgIpc) is 3.00. The van der Waals surface area contributed by atoms with Crippen LogP contribution in [0, 0.1) is 0 Å². The second-order valence-corrected chi connectivity index (χ2v) is 4.65. The molecule has 0 radical (unpaired) electrons. The molecule has 2 rings (SSSR count). The molecule has 0 unspecified atom stereocenters. The Kier molecular flexibility index (Phi) is 4.15. The smallest absolute Gasteiger partial charge is 0.269 e. The van der Waals surface area contributed by atoms with E-state index in [-0.39, 0.29) is 6.54 Å². The first kappa shape index (κ1) is 14.6. The van der Waals surface area contributed by atoms with Crippen LogP contribution in [-0.4, -0.2) is 19.6 Å². The molecule has 0 aromatic carbocycles. The van der Waals surface area contributed by atoms with Gasteiger partial charge in [-0.2, -0.15) is 23.4 Å². The maximum Gasteiger partial charge on any atom is 0.435 e. The summed E-state index contributed by atoms with van der Waals surface area (Å²) in [6.45, 7) is 4.40. The van der Waals surface area contributed by atoms with Gasteiger partial charge in [0.25, 0.3) is 0 Å². The fraction of sp³-hybridized carbons (Fsp3) is 0.538. The van der Waals surface area contributed by atoms with Gasteiger partial charge in [-0.25, -0.2) is 0 Å². The molecule has 20 heavy (non-hydrogen) atoms. The summed E-state index contributed by atoms with van der Waals surface area (Å²) in [7, 11) is 0. The molecule has 0 bridgehead atoms. The Morgan fingerprint density at radius 2 is 1.80 bits per heavy atom. The predicted octanol–water partition coefficient (Wildman–Crippen LogP) is 3.51. The van der Waals surface area contributed by atoms with Gasteiger partial charge in [-0.15, -0.1) is 0 Å². The molecule has 0 aliphatic rings. The van der Waals surface area contributed by atoms with Gasteiger partial charge in [0, 0.05) is 12.4 Å². The number of rotatable bonds is 5. The fourth-order valence-electron chi connectivity index (χ4n) is 2.09. The van der Waals surface area contributed by atoms with E-state index in [4.69, 9.17) is 0 Å². The molecule has 2 aromatic heterocycles. The van der Waals surface area contributed by atoms with Crippen molar-refractivity contribution in [2.24, 2.45) is 0 Å². The van der Waals surface area contributed by atoms with Crippen LogP contribution < -0.4 is 0 Å². The van der Waals surface area contributed by atoms with Crippen molar-refractivity contribution in [1.29, 1.82) is 0 Å². The highest BCUT2D eigenvalue weighted by Crippen LogP contribution is 2.27. The minimum absolute atomic E-state index is 0.239. The third kappa shape index (κ3) is 3.20. The Balaban J connectivity index is 2.09. The third-order valence-corrected chi connectivity index (χ3v) is 3.24. The lowest BCUT2D eigenvalue weighted by atomic mass is 10.2. The van der Waals surface area contributed by atoms with Crippen molar-refractivity contribution in [2.45, 2.75) is 45.5 Å². The molecule has 0 saturated heterocycles. The zero-order chi connectivity index (χ0) is 14.8. The van der Waals surface area contributed by atoms with E-state index in [1.54, 1.807) is 0 Å². The van der Waals surface area contributed by atoms with Gasteiger partial charge in [0.05, 0.1) is 18.3 Å². The number of alkyl halides is 3. The zero-order valence-corrected chi connectivity index (χ0v) is 11.4. The van der Waals surface area contributed by atoms with Gasteiger partial charge in [0.15, 0.2) is 5.69 Å². The van der Waals surface area contributed by atoms with Gasteiger partial charge in [0.2, 0.25) is 0 Å². The van der Waals surface area contributed by atoms with Crippen LogP contribution in [0.25, 0.3) is 0 Å². The summed E-state index contributed by atoms with van der Waals surface area (Å²) in [4.78, 5) is 0. The summed E-state index contributed by atoms with van der Waals surface area (Å²) in [5, 5.41) is 7.91.